The molecule has 0 aromatic rings. The maximum absolute atomic E-state index is 12.5. The van der Waals surface area contributed by atoms with Crippen LogP contribution in [0, 0.1) is 34.5 Å². The lowest BCUT2D eigenvalue weighted by molar-refractivity contribution is -0.132. The quantitative estimate of drug-likeness (QED) is 0.794. The third kappa shape index (κ3) is 1.95. The molecular weight excluding hydrogens is 288 g/mol. The number of fused-ring (bicyclic) bond motifs is 5. The minimum atomic E-state index is -0.204. The van der Waals surface area contributed by atoms with Crippen molar-refractivity contribution in [1.82, 2.24) is 0 Å². The molecule has 0 radical (unpaired) electrons. The Hall–Kier alpha value is -1.09. The summed E-state index contributed by atoms with van der Waals surface area (Å²) < 4.78 is 5.62. The van der Waals surface area contributed by atoms with Crippen LogP contribution in [-0.2, 0) is 9.53 Å². The lowest BCUT2D eigenvalue weighted by Crippen LogP contribution is -2.52. The van der Waals surface area contributed by atoms with Crippen molar-refractivity contribution >= 4 is 5.78 Å². The number of aliphatic hydroxyl groups is 1. The first-order chi connectivity index (χ1) is 10.9. The van der Waals surface area contributed by atoms with Crippen molar-refractivity contribution in [2.24, 2.45) is 34.5 Å². The van der Waals surface area contributed by atoms with Gasteiger partial charge in [-0.1, -0.05) is 19.9 Å². The van der Waals surface area contributed by atoms with Gasteiger partial charge in [-0.05, 0) is 66.9 Å². The Balaban J connectivity index is 1.68. The van der Waals surface area contributed by atoms with E-state index in [0.29, 0.717) is 41.6 Å². The number of ketones is 1. The third-order valence-electron chi connectivity index (χ3n) is 7.82. The van der Waals surface area contributed by atoms with Crippen LogP contribution in [0.5, 0.6) is 0 Å². The van der Waals surface area contributed by atoms with Gasteiger partial charge in [-0.25, -0.2) is 0 Å². The van der Waals surface area contributed by atoms with Gasteiger partial charge in [0, 0.05) is 18.9 Å². The zero-order chi connectivity index (χ0) is 16.4. The largest absolute Gasteiger partial charge is 0.508 e. The van der Waals surface area contributed by atoms with Crippen molar-refractivity contribution < 1.29 is 14.6 Å². The fourth-order valence-electron chi connectivity index (χ4n) is 6.61. The first-order valence-corrected chi connectivity index (χ1v) is 9.05. The topological polar surface area (TPSA) is 46.5 Å². The van der Waals surface area contributed by atoms with Crippen molar-refractivity contribution in [3.8, 4) is 0 Å². The van der Waals surface area contributed by atoms with E-state index in [-0.39, 0.29) is 16.9 Å². The number of carbonyl (C=O) groups is 1. The molecular formula is C20H28O3. The molecule has 4 aliphatic carbocycles. The first kappa shape index (κ1) is 15.4. The molecule has 0 bridgehead atoms. The number of hydrogen-bond donors (Lipinski definition) is 1. The maximum atomic E-state index is 12.5. The molecule has 1 N–H and O–H groups in total. The SMILES string of the molecule is CO[C@@H]1C(=O)C[C@H]2[C@@H]3CCC4C=C(O)C=C[C@]4(C)[C@H]3CC[C@]12C. The summed E-state index contributed by atoms with van der Waals surface area (Å²) in [7, 11) is 1.69. The van der Waals surface area contributed by atoms with E-state index >= 15 is 0 Å². The molecule has 0 amide bonds. The van der Waals surface area contributed by atoms with Gasteiger partial charge in [-0.2, -0.15) is 0 Å². The summed E-state index contributed by atoms with van der Waals surface area (Å²) in [5.74, 6) is 2.85. The van der Waals surface area contributed by atoms with Crippen molar-refractivity contribution in [2.45, 2.75) is 52.1 Å². The zero-order valence-electron chi connectivity index (χ0n) is 14.4. The van der Waals surface area contributed by atoms with Crippen molar-refractivity contribution in [1.29, 1.82) is 0 Å². The van der Waals surface area contributed by atoms with E-state index in [9.17, 15) is 9.90 Å². The number of Topliss-reactive ketones (excluding diaryl/α,β-unsaturated/α-hetero) is 1. The maximum Gasteiger partial charge on any atom is 0.162 e. The summed E-state index contributed by atoms with van der Waals surface area (Å²) in [6, 6.07) is 0. The second kappa shape index (κ2) is 4.95. The highest BCUT2D eigenvalue weighted by Crippen LogP contribution is 2.64. The number of hydrogen-bond acceptors (Lipinski definition) is 3. The standard InChI is InChI=1S/C20H28O3/c1-19-8-6-13(21)10-12(19)4-5-14-15(19)7-9-20(2)16(14)11-17(22)18(20)23-3/h6,8,10,12,14-16,18,21H,4-5,7,9,11H2,1-3H3/t12?,14-,15+,16+,18-,19+,20+/m1/s1. The monoisotopic (exact) mass is 316 g/mol. The molecule has 3 nitrogen and oxygen atoms in total. The van der Waals surface area contributed by atoms with Gasteiger partial charge in [0.2, 0.25) is 0 Å². The molecule has 3 heteroatoms. The highest BCUT2D eigenvalue weighted by molar-refractivity contribution is 5.87. The molecule has 0 aromatic carbocycles. The van der Waals surface area contributed by atoms with Crippen LogP contribution >= 0.6 is 0 Å². The van der Waals surface area contributed by atoms with Crippen molar-refractivity contribution in [2.75, 3.05) is 7.11 Å². The Morgan fingerprint density at radius 2 is 2.00 bits per heavy atom. The van der Waals surface area contributed by atoms with Gasteiger partial charge < -0.3 is 9.84 Å². The minimum absolute atomic E-state index is 0.0204. The molecule has 0 saturated heterocycles. The normalized spacial score (nSPS) is 51.7. The Bertz CT molecular complexity index is 592. The van der Waals surface area contributed by atoms with Crippen LogP contribution in [-0.4, -0.2) is 24.1 Å². The van der Waals surface area contributed by atoms with Crippen molar-refractivity contribution in [3.63, 3.8) is 0 Å². The predicted molar refractivity (Wildman–Crippen MR) is 88.9 cm³/mol. The Morgan fingerprint density at radius 3 is 2.74 bits per heavy atom. The van der Waals surface area contributed by atoms with Crippen LogP contribution < -0.4 is 0 Å². The van der Waals surface area contributed by atoms with Crippen LogP contribution in [0.25, 0.3) is 0 Å². The van der Waals surface area contributed by atoms with Gasteiger partial charge >= 0.3 is 0 Å². The lowest BCUT2D eigenvalue weighted by atomic mass is 9.47. The lowest BCUT2D eigenvalue weighted by Gasteiger charge is -2.57. The fourth-order valence-corrected chi connectivity index (χ4v) is 6.61. The molecule has 1 unspecified atom stereocenters. The van der Waals surface area contributed by atoms with Gasteiger partial charge in [0.05, 0.1) is 0 Å². The smallest absolute Gasteiger partial charge is 0.162 e. The van der Waals surface area contributed by atoms with E-state index in [1.165, 1.54) is 6.42 Å². The minimum Gasteiger partial charge on any atom is -0.508 e. The highest BCUT2D eigenvalue weighted by atomic mass is 16.5. The molecule has 126 valence electrons. The van der Waals surface area contributed by atoms with Gasteiger partial charge in [0.1, 0.15) is 11.9 Å². The second-order valence-electron chi connectivity index (χ2n) is 8.68. The van der Waals surface area contributed by atoms with Gasteiger partial charge in [0.25, 0.3) is 0 Å². The third-order valence-corrected chi connectivity index (χ3v) is 7.82. The molecule has 7 atom stereocenters. The van der Waals surface area contributed by atoms with E-state index in [4.69, 9.17) is 4.74 Å². The predicted octanol–water partition coefficient (Wildman–Crippen LogP) is 4.05. The molecule has 0 aliphatic heterocycles. The summed E-state index contributed by atoms with van der Waals surface area (Å²) in [4.78, 5) is 12.5. The van der Waals surface area contributed by atoms with Crippen LogP contribution in [0.2, 0.25) is 0 Å². The van der Waals surface area contributed by atoms with Gasteiger partial charge in [-0.15, -0.1) is 0 Å². The summed E-state index contributed by atoms with van der Waals surface area (Å²) in [6.07, 6.45) is 11.2. The van der Waals surface area contributed by atoms with E-state index in [0.717, 1.165) is 19.3 Å². The Kier molecular flexibility index (Phi) is 3.32. The average Bonchev–Trinajstić information content (AvgIpc) is 2.77. The molecule has 4 aliphatic rings. The Morgan fingerprint density at radius 1 is 1.22 bits per heavy atom. The van der Waals surface area contributed by atoms with Crippen molar-refractivity contribution in [3.05, 3.63) is 24.0 Å². The number of rotatable bonds is 1. The highest BCUT2D eigenvalue weighted by Gasteiger charge is 2.61. The molecule has 4 rings (SSSR count). The number of methoxy groups -OCH3 is 1. The van der Waals surface area contributed by atoms with Gasteiger partial charge in [0.15, 0.2) is 5.78 Å². The molecule has 0 heterocycles. The molecule has 3 fully saturated rings. The summed E-state index contributed by atoms with van der Waals surface area (Å²) in [5.41, 5.74) is 0.150. The van der Waals surface area contributed by atoms with Gasteiger partial charge in [-0.3, -0.25) is 4.79 Å². The van der Waals surface area contributed by atoms with E-state index in [1.54, 1.807) is 7.11 Å². The number of aliphatic hydroxyl groups excluding tert-OH is 1. The Labute approximate surface area is 138 Å². The van der Waals surface area contributed by atoms with E-state index in [2.05, 4.69) is 26.0 Å². The van der Waals surface area contributed by atoms with Crippen LogP contribution in [0.4, 0.5) is 0 Å². The summed E-state index contributed by atoms with van der Waals surface area (Å²) in [5, 5.41) is 9.86. The summed E-state index contributed by atoms with van der Waals surface area (Å²) in [6.45, 7) is 4.64. The van der Waals surface area contributed by atoms with E-state index < -0.39 is 0 Å². The molecule has 0 aromatic heterocycles. The van der Waals surface area contributed by atoms with Crippen LogP contribution in [0.15, 0.2) is 24.0 Å². The second-order valence-corrected chi connectivity index (χ2v) is 8.68. The summed E-state index contributed by atoms with van der Waals surface area (Å²) >= 11 is 0. The fraction of sp³-hybridized carbons (Fsp3) is 0.750. The van der Waals surface area contributed by atoms with Crippen LogP contribution in [0.3, 0.4) is 0 Å². The first-order valence-electron chi connectivity index (χ1n) is 9.05. The number of carbonyl (C=O) groups excluding carboxylic acids is 1. The molecule has 23 heavy (non-hydrogen) atoms. The number of allylic oxidation sites excluding steroid dienone is 3. The van der Waals surface area contributed by atoms with E-state index in [1.807, 2.05) is 6.08 Å². The van der Waals surface area contributed by atoms with Crippen LogP contribution in [0.1, 0.15) is 46.0 Å². The molecule has 3 saturated carbocycles. The zero-order valence-corrected chi connectivity index (χ0v) is 14.4. The number of ether oxygens (including phenoxy) is 1. The molecule has 0 spiro atoms. The average molecular weight is 316 g/mol.